The lowest BCUT2D eigenvalue weighted by Crippen LogP contribution is -2.27. The van der Waals surface area contributed by atoms with Crippen molar-refractivity contribution in [3.63, 3.8) is 0 Å². The van der Waals surface area contributed by atoms with Gasteiger partial charge < -0.3 is 13.9 Å². The number of rotatable bonds is 4. The lowest BCUT2D eigenvalue weighted by Gasteiger charge is -2.19. The average Bonchev–Trinajstić information content (AvgIpc) is 2.42. The van der Waals surface area contributed by atoms with Crippen LogP contribution in [-0.4, -0.2) is 24.0 Å². The van der Waals surface area contributed by atoms with E-state index in [0.29, 0.717) is 11.1 Å². The van der Waals surface area contributed by atoms with Crippen molar-refractivity contribution in [1.29, 1.82) is 0 Å². The molecule has 1 heterocycles. The van der Waals surface area contributed by atoms with E-state index in [1.807, 2.05) is 0 Å². The van der Waals surface area contributed by atoms with Crippen LogP contribution < -0.4 is 10.4 Å². The van der Waals surface area contributed by atoms with Gasteiger partial charge in [0.25, 0.3) is 0 Å². The zero-order valence-electron chi connectivity index (χ0n) is 13.5. The molecule has 0 unspecified atom stereocenters. The van der Waals surface area contributed by atoms with Gasteiger partial charge in [0.2, 0.25) is 0 Å². The fourth-order valence-corrected chi connectivity index (χ4v) is 1.94. The summed E-state index contributed by atoms with van der Waals surface area (Å²) in [6, 6.07) is 6.23. The van der Waals surface area contributed by atoms with Gasteiger partial charge in [-0.25, -0.2) is 9.59 Å². The smallest absolute Gasteiger partial charge is 0.347 e. The first-order valence-electron chi connectivity index (χ1n) is 7.09. The van der Waals surface area contributed by atoms with Gasteiger partial charge in [-0.1, -0.05) is 0 Å². The molecule has 0 aliphatic rings. The Bertz CT molecular complexity index is 810. The number of ketones is 1. The molecule has 0 spiro atoms. The maximum absolute atomic E-state index is 11.7. The van der Waals surface area contributed by atoms with Gasteiger partial charge in [-0.3, -0.25) is 4.79 Å². The predicted octanol–water partition coefficient (Wildman–Crippen LogP) is 2.72. The zero-order valence-corrected chi connectivity index (χ0v) is 13.5. The van der Waals surface area contributed by atoms with E-state index >= 15 is 0 Å². The second-order valence-corrected chi connectivity index (χ2v) is 6.08. The van der Waals surface area contributed by atoms with Crippen molar-refractivity contribution in [2.24, 2.45) is 0 Å². The van der Waals surface area contributed by atoms with Gasteiger partial charge in [-0.15, -0.1) is 0 Å². The molecule has 1 aromatic heterocycles. The van der Waals surface area contributed by atoms with Gasteiger partial charge >= 0.3 is 11.6 Å². The fraction of sp³-hybridized carbons (Fsp3) is 0.353. The molecule has 0 amide bonds. The Morgan fingerprint density at radius 2 is 1.87 bits per heavy atom. The maximum Gasteiger partial charge on any atom is 0.347 e. The maximum atomic E-state index is 11.7. The zero-order chi connectivity index (χ0) is 17.2. The van der Waals surface area contributed by atoms with Crippen molar-refractivity contribution in [1.82, 2.24) is 0 Å². The summed E-state index contributed by atoms with van der Waals surface area (Å²) in [6.45, 7) is 6.35. The molecule has 23 heavy (non-hydrogen) atoms. The van der Waals surface area contributed by atoms with Gasteiger partial charge in [0.05, 0.1) is 0 Å². The minimum Gasteiger partial charge on any atom is -0.482 e. The van der Waals surface area contributed by atoms with E-state index in [1.165, 1.54) is 19.1 Å². The Kier molecular flexibility index (Phi) is 4.54. The van der Waals surface area contributed by atoms with Gasteiger partial charge in [0.1, 0.15) is 22.5 Å². The molecule has 2 rings (SSSR count). The van der Waals surface area contributed by atoms with Crippen molar-refractivity contribution in [3.05, 3.63) is 40.2 Å². The third-order valence-electron chi connectivity index (χ3n) is 2.86. The van der Waals surface area contributed by atoms with Crippen LogP contribution in [0.2, 0.25) is 0 Å². The number of benzene rings is 1. The molecule has 0 aliphatic carbocycles. The number of Topliss-reactive ketones (excluding diaryl/α,β-unsaturated/α-hetero) is 1. The third-order valence-corrected chi connectivity index (χ3v) is 2.86. The highest BCUT2D eigenvalue weighted by molar-refractivity contribution is 5.96. The summed E-state index contributed by atoms with van der Waals surface area (Å²) in [4.78, 5) is 34.6. The molecule has 0 saturated carbocycles. The Morgan fingerprint density at radius 3 is 2.48 bits per heavy atom. The second kappa shape index (κ2) is 6.24. The first kappa shape index (κ1) is 16.7. The molecule has 0 saturated heterocycles. The highest BCUT2D eigenvalue weighted by atomic mass is 16.6. The van der Waals surface area contributed by atoms with Crippen LogP contribution in [0, 0.1) is 0 Å². The van der Waals surface area contributed by atoms with Crippen molar-refractivity contribution >= 4 is 22.7 Å². The van der Waals surface area contributed by atoms with Crippen molar-refractivity contribution in [2.45, 2.75) is 33.3 Å². The monoisotopic (exact) mass is 318 g/mol. The number of esters is 1. The quantitative estimate of drug-likeness (QED) is 0.490. The van der Waals surface area contributed by atoms with Crippen LogP contribution in [0.3, 0.4) is 0 Å². The summed E-state index contributed by atoms with van der Waals surface area (Å²) in [5, 5.41) is 0.597. The topological polar surface area (TPSA) is 82.8 Å². The number of carbonyl (C=O) groups is 2. The molecule has 2 aromatic rings. The Hall–Kier alpha value is -2.63. The highest BCUT2D eigenvalue weighted by Crippen LogP contribution is 2.21. The van der Waals surface area contributed by atoms with Gasteiger partial charge in [-0.05, 0) is 45.9 Å². The molecule has 0 atom stereocenters. The number of fused-ring (bicyclic) bond motifs is 1. The number of hydrogen-bond acceptors (Lipinski definition) is 6. The summed E-state index contributed by atoms with van der Waals surface area (Å²) in [5.41, 5.74) is -1.00. The molecule has 0 N–H and O–H groups in total. The van der Waals surface area contributed by atoms with E-state index in [1.54, 1.807) is 32.9 Å². The lowest BCUT2D eigenvalue weighted by atomic mass is 10.1. The molecule has 0 bridgehead atoms. The van der Waals surface area contributed by atoms with Crippen LogP contribution in [-0.2, 0) is 9.53 Å². The largest absolute Gasteiger partial charge is 0.482 e. The summed E-state index contributed by atoms with van der Waals surface area (Å²) >= 11 is 0. The Morgan fingerprint density at radius 1 is 1.17 bits per heavy atom. The van der Waals surface area contributed by atoms with Gasteiger partial charge in [-0.2, -0.15) is 0 Å². The molecule has 6 nitrogen and oxygen atoms in total. The average molecular weight is 318 g/mol. The normalized spacial score (nSPS) is 11.3. The SMILES string of the molecule is CC(=O)c1cc2ccc(OCC(=O)OC(C)(C)C)cc2oc1=O. The molecular formula is C17H18O6. The van der Waals surface area contributed by atoms with Crippen LogP contribution in [0.25, 0.3) is 11.0 Å². The first-order valence-corrected chi connectivity index (χ1v) is 7.09. The Balaban J connectivity index is 2.18. The van der Waals surface area contributed by atoms with Crippen LogP contribution in [0.1, 0.15) is 38.1 Å². The lowest BCUT2D eigenvalue weighted by molar-refractivity contribution is -0.157. The molecule has 0 fully saturated rings. The summed E-state index contributed by atoms with van der Waals surface area (Å²) in [7, 11) is 0. The highest BCUT2D eigenvalue weighted by Gasteiger charge is 2.17. The molecule has 1 aromatic carbocycles. The number of ether oxygens (including phenoxy) is 2. The standard InChI is InChI=1S/C17H18O6/c1-10(18)13-7-11-5-6-12(8-14(11)22-16(13)20)21-9-15(19)23-17(2,3)4/h5-8H,9H2,1-4H3. The number of hydrogen-bond donors (Lipinski definition) is 0. The van der Waals surface area contributed by atoms with Gasteiger partial charge in [0, 0.05) is 11.5 Å². The minimum atomic E-state index is -0.700. The van der Waals surface area contributed by atoms with Gasteiger partial charge in [0.15, 0.2) is 12.4 Å². The van der Waals surface area contributed by atoms with E-state index < -0.39 is 17.2 Å². The molecule has 0 radical (unpaired) electrons. The summed E-state index contributed by atoms with van der Waals surface area (Å²) in [5.74, 6) is -0.487. The predicted molar refractivity (Wildman–Crippen MR) is 83.8 cm³/mol. The second-order valence-electron chi connectivity index (χ2n) is 6.08. The van der Waals surface area contributed by atoms with Crippen molar-refractivity contribution < 1.29 is 23.5 Å². The van der Waals surface area contributed by atoms with E-state index in [2.05, 4.69) is 0 Å². The van der Waals surface area contributed by atoms with E-state index in [-0.39, 0.29) is 23.5 Å². The number of carbonyl (C=O) groups excluding carboxylic acids is 2. The summed E-state index contributed by atoms with van der Waals surface area (Å²) in [6.07, 6.45) is 0. The summed E-state index contributed by atoms with van der Waals surface area (Å²) < 4.78 is 15.6. The van der Waals surface area contributed by atoms with E-state index in [4.69, 9.17) is 13.9 Å². The molecular weight excluding hydrogens is 300 g/mol. The van der Waals surface area contributed by atoms with Crippen molar-refractivity contribution in [2.75, 3.05) is 6.61 Å². The third kappa shape index (κ3) is 4.42. The Labute approximate surface area is 133 Å². The van der Waals surface area contributed by atoms with Crippen LogP contribution in [0.4, 0.5) is 0 Å². The fourth-order valence-electron chi connectivity index (χ4n) is 1.94. The molecule has 122 valence electrons. The van der Waals surface area contributed by atoms with Crippen molar-refractivity contribution in [3.8, 4) is 5.75 Å². The van der Waals surface area contributed by atoms with E-state index in [0.717, 1.165) is 0 Å². The van der Waals surface area contributed by atoms with Crippen LogP contribution >= 0.6 is 0 Å². The van der Waals surface area contributed by atoms with Crippen LogP contribution in [0.5, 0.6) is 5.75 Å². The minimum absolute atomic E-state index is 0.0000710. The first-order chi connectivity index (χ1) is 10.7. The van der Waals surface area contributed by atoms with E-state index in [9.17, 15) is 14.4 Å². The molecule has 0 aliphatic heterocycles. The molecule has 6 heteroatoms. The van der Waals surface area contributed by atoms with Crippen LogP contribution in [0.15, 0.2) is 33.5 Å².